The molecule has 0 aliphatic carbocycles. The van der Waals surface area contributed by atoms with Gasteiger partial charge in [-0.1, -0.05) is 44.2 Å². The number of carboxylic acids is 1. The number of imide groups is 1. The van der Waals surface area contributed by atoms with E-state index in [1.54, 1.807) is 105 Å². The molecule has 28 heteroatoms. The second-order valence-corrected chi connectivity index (χ2v) is 26.7. The van der Waals surface area contributed by atoms with Crippen molar-refractivity contribution in [1.82, 2.24) is 39.1 Å². The quantitative estimate of drug-likeness (QED) is 0.0125. The number of unbranched alkanes of at least 4 members (excludes halogenated alkanes) is 1. The Bertz CT molecular complexity index is 4290. The topological polar surface area (TPSA) is 373 Å². The van der Waals surface area contributed by atoms with Gasteiger partial charge in [0.2, 0.25) is 23.5 Å². The SMILES string of the molecule is C=C1C[C@H]2C=Nc3cc(OCCCC(=O)Nc4cn(C)c(C(=O)Nc5ccc(-c6cc(C(=O)n7ccc8cc(CC(=O)[C@H](CCCCN)NC(=O)[C@@H](CC(=O)[C@H](CCC(=O)O)NC(=O)CCOCCOCCCC(=O)CCN9C(=O)C=CC9=O)C(C)C)ccc87)n(C)c6)cc5)n4)c(C)cc3C(=O)N2C1. The van der Waals surface area contributed by atoms with Crippen LogP contribution in [-0.2, 0) is 73.1 Å². The van der Waals surface area contributed by atoms with E-state index in [1.807, 2.05) is 31.3 Å². The van der Waals surface area contributed by atoms with E-state index >= 15 is 0 Å². The van der Waals surface area contributed by atoms with Crippen molar-refractivity contribution in [3.8, 4) is 16.9 Å². The summed E-state index contributed by atoms with van der Waals surface area (Å²) in [4.78, 5) is 168. The van der Waals surface area contributed by atoms with E-state index in [0.29, 0.717) is 90.0 Å². The Morgan fingerprint density at radius 2 is 1.46 bits per heavy atom. The van der Waals surface area contributed by atoms with Gasteiger partial charge in [-0.05, 0) is 123 Å². The average Bonchev–Trinajstić information content (AvgIpc) is 1.69. The second kappa shape index (κ2) is 36.3. The van der Waals surface area contributed by atoms with Gasteiger partial charge in [0.05, 0.1) is 61.3 Å². The monoisotopic (exact) mass is 1430 g/mol. The Balaban J connectivity index is 0.721. The number of aryl methyl sites for hydroxylation is 3. The summed E-state index contributed by atoms with van der Waals surface area (Å²) in [5.41, 5.74) is 12.2. The Kier molecular flexibility index (Phi) is 27.0. The molecule has 1 saturated heterocycles. The molecule has 6 aromatic rings. The molecule has 4 atom stereocenters. The van der Waals surface area contributed by atoms with Crippen molar-refractivity contribution in [2.24, 2.45) is 36.7 Å². The van der Waals surface area contributed by atoms with Crippen molar-refractivity contribution in [2.45, 2.75) is 129 Å². The minimum atomic E-state index is -1.23. The number of nitrogens with zero attached hydrogens (tertiary/aromatic N) is 7. The number of carbonyl (C=O) groups excluding carboxylic acids is 11. The molecular weight excluding hydrogens is 1340 g/mol. The minimum Gasteiger partial charge on any atom is -0.493 e. The van der Waals surface area contributed by atoms with Gasteiger partial charge in [0.15, 0.2) is 17.4 Å². The smallest absolute Gasteiger partial charge is 0.303 e. The first kappa shape index (κ1) is 77.3. The van der Waals surface area contributed by atoms with Crippen LogP contribution in [0.2, 0.25) is 0 Å². The maximum absolute atomic E-state index is 14.3. The lowest BCUT2D eigenvalue weighted by molar-refractivity contribution is -0.139. The predicted molar refractivity (Wildman–Crippen MR) is 386 cm³/mol. The third kappa shape index (κ3) is 20.7. The first-order chi connectivity index (χ1) is 49.8. The van der Waals surface area contributed by atoms with Gasteiger partial charge in [-0.3, -0.25) is 72.0 Å². The summed E-state index contributed by atoms with van der Waals surface area (Å²) in [6.07, 6.45) is 11.1. The van der Waals surface area contributed by atoms with Crippen LogP contribution in [0.25, 0.3) is 22.0 Å². The van der Waals surface area contributed by atoms with Crippen LogP contribution >= 0.6 is 0 Å². The maximum atomic E-state index is 14.3. The number of amides is 7. The summed E-state index contributed by atoms with van der Waals surface area (Å²) >= 11 is 0. The van der Waals surface area contributed by atoms with Gasteiger partial charge in [0.1, 0.15) is 17.2 Å². The number of nitrogens with two attached hydrogens (primary N) is 1. The lowest BCUT2D eigenvalue weighted by Gasteiger charge is -2.26. The highest BCUT2D eigenvalue weighted by molar-refractivity contribution is 6.13. The number of aliphatic imine (C=N–C) groups is 1. The molecular formula is C76H90N12O16. The molecule has 28 nitrogen and oxygen atoms in total. The van der Waals surface area contributed by atoms with Gasteiger partial charge in [0.25, 0.3) is 29.5 Å². The molecule has 3 aliphatic rings. The van der Waals surface area contributed by atoms with Crippen LogP contribution in [0.5, 0.6) is 5.75 Å². The number of ether oxygens (including phenoxy) is 3. The van der Waals surface area contributed by atoms with Gasteiger partial charge < -0.3 is 60.4 Å². The summed E-state index contributed by atoms with van der Waals surface area (Å²) in [7, 11) is 3.40. The number of anilines is 2. The van der Waals surface area contributed by atoms with Crippen molar-refractivity contribution in [3.63, 3.8) is 0 Å². The molecule has 0 saturated carbocycles. The van der Waals surface area contributed by atoms with Crippen LogP contribution in [0, 0.1) is 18.8 Å². The summed E-state index contributed by atoms with van der Waals surface area (Å²) in [5, 5.41) is 21.3. The molecule has 0 radical (unpaired) electrons. The first-order valence-electron chi connectivity index (χ1n) is 35.0. The molecule has 3 aromatic heterocycles. The number of benzene rings is 3. The summed E-state index contributed by atoms with van der Waals surface area (Å²) < 4.78 is 21.8. The van der Waals surface area contributed by atoms with Crippen molar-refractivity contribution in [3.05, 3.63) is 138 Å². The van der Waals surface area contributed by atoms with Gasteiger partial charge in [0, 0.05) is 144 Å². The van der Waals surface area contributed by atoms with Crippen molar-refractivity contribution >= 4 is 105 Å². The molecule has 7 N–H and O–H groups in total. The van der Waals surface area contributed by atoms with Crippen LogP contribution in [0.15, 0.2) is 115 Å². The summed E-state index contributed by atoms with van der Waals surface area (Å²) in [5.74, 6) is -5.91. The zero-order valence-electron chi connectivity index (χ0n) is 59.2. The number of nitrogens with one attached hydrogen (secondary N) is 4. The Hall–Kier alpha value is -10.8. The minimum absolute atomic E-state index is 0.0203. The molecule has 104 heavy (non-hydrogen) atoms. The molecule has 1 fully saturated rings. The molecule has 6 heterocycles. The molecule has 7 amide bonds. The highest BCUT2D eigenvalue weighted by Crippen LogP contribution is 2.35. The van der Waals surface area contributed by atoms with Crippen molar-refractivity contribution < 1.29 is 76.9 Å². The van der Waals surface area contributed by atoms with E-state index in [2.05, 4.69) is 37.8 Å². The molecule has 0 bridgehead atoms. The normalized spacial score (nSPS) is 14.9. The van der Waals surface area contributed by atoms with E-state index in [9.17, 15) is 62.6 Å². The fraction of sp³-hybridized carbons (Fsp3) is 0.421. The average molecular weight is 1430 g/mol. The zero-order chi connectivity index (χ0) is 74.7. The number of ketones is 3. The van der Waals surface area contributed by atoms with E-state index in [0.717, 1.165) is 39.3 Å². The highest BCUT2D eigenvalue weighted by Gasteiger charge is 2.36. The number of aliphatic carboxylic acids is 1. The molecule has 9 rings (SSSR count). The summed E-state index contributed by atoms with van der Waals surface area (Å²) in [6, 6.07) is 17.2. The van der Waals surface area contributed by atoms with E-state index in [1.165, 1.54) is 9.13 Å². The van der Waals surface area contributed by atoms with Gasteiger partial charge in [-0.25, -0.2) is 4.98 Å². The van der Waals surface area contributed by atoms with Crippen LogP contribution in [-0.4, -0.2) is 181 Å². The third-order valence-electron chi connectivity index (χ3n) is 18.4. The fourth-order valence-corrected chi connectivity index (χ4v) is 12.6. The number of hydrogen-bond donors (Lipinski definition) is 6. The molecule has 3 aromatic carbocycles. The number of hydrogen-bond acceptors (Lipinski definition) is 18. The number of carbonyl (C=O) groups is 12. The van der Waals surface area contributed by atoms with Crippen molar-refractivity contribution in [2.75, 3.05) is 63.3 Å². The molecule has 550 valence electrons. The van der Waals surface area contributed by atoms with E-state index in [4.69, 9.17) is 19.9 Å². The van der Waals surface area contributed by atoms with E-state index < -0.39 is 71.6 Å². The highest BCUT2D eigenvalue weighted by atomic mass is 16.5. The predicted octanol–water partition coefficient (Wildman–Crippen LogP) is 7.31. The van der Waals surface area contributed by atoms with Crippen LogP contribution < -0.4 is 31.7 Å². The fourth-order valence-electron chi connectivity index (χ4n) is 12.6. The third-order valence-corrected chi connectivity index (χ3v) is 18.4. The van der Waals surface area contributed by atoms with Crippen LogP contribution in [0.3, 0.4) is 0 Å². The number of Topliss-reactive ketones (excluding diaryl/α,β-unsaturated/α-hetero) is 3. The Labute approximate surface area is 601 Å². The molecule has 3 aliphatic heterocycles. The van der Waals surface area contributed by atoms with E-state index in [-0.39, 0.29) is 138 Å². The van der Waals surface area contributed by atoms with Crippen LogP contribution in [0.4, 0.5) is 17.2 Å². The lowest BCUT2D eigenvalue weighted by atomic mass is 9.86. The Morgan fingerprint density at radius 3 is 2.19 bits per heavy atom. The number of rotatable bonds is 40. The van der Waals surface area contributed by atoms with Gasteiger partial charge in [-0.15, -0.1) is 0 Å². The lowest BCUT2D eigenvalue weighted by Crippen LogP contribution is -2.47. The first-order valence-corrected chi connectivity index (χ1v) is 35.0. The van der Waals surface area contributed by atoms with Crippen LogP contribution in [0.1, 0.15) is 140 Å². The number of fused-ring (bicyclic) bond motifs is 3. The standard InChI is InChI=1S/C76H90N12O16/c1-46(2)56(40-64(91)59(19-23-71(96)97)80-68(93)26-32-103-34-33-102-30-9-11-55(89)25-29-87-69(94)21-22-70(87)95)73(98)81-58(12-7-8-27-77)63(90)38-49-14-20-61-51(37-49)24-28-86(61)76(101)62-39-52(44-84(62)5)50-15-17-53(18-16-50)79-74(99)72-83-66(45-85(72)6)82-67(92)13-10-31-104-65-41-60-57(36-48(65)4)75(100)88-43-47(3)35-54(88)42-78-60/h14-18,20-22,24,28,36-37,39,41-42,44-46,54,56,58-59H,3,7-13,19,23,25-27,29-35,38,40,43,77H2,1-2,4-6H3,(H,79,99)(H,80,93)(H,81,98)(H,82,92)(H,96,97)/t54-,56-,58-,59-/m0/s1. The van der Waals surface area contributed by atoms with Gasteiger partial charge >= 0.3 is 5.97 Å². The molecule has 0 spiro atoms. The largest absolute Gasteiger partial charge is 0.493 e. The number of imidazole rings is 1. The Morgan fingerprint density at radius 1 is 0.731 bits per heavy atom. The second-order valence-electron chi connectivity index (χ2n) is 26.7. The van der Waals surface area contributed by atoms with Gasteiger partial charge in [-0.2, -0.15) is 0 Å². The number of carboxylic acid groups (broad SMARTS) is 1. The number of aromatic nitrogens is 4. The zero-order valence-corrected chi connectivity index (χ0v) is 59.2. The van der Waals surface area contributed by atoms with Crippen molar-refractivity contribution in [1.29, 1.82) is 0 Å². The molecule has 0 unspecified atom stereocenters. The maximum Gasteiger partial charge on any atom is 0.303 e. The summed E-state index contributed by atoms with van der Waals surface area (Å²) in [6.45, 7) is 11.0.